The molecule has 5 heterocycles. The summed E-state index contributed by atoms with van der Waals surface area (Å²) in [6.45, 7) is 5.02. The van der Waals surface area contributed by atoms with Crippen molar-refractivity contribution in [3.05, 3.63) is 43.6 Å². The van der Waals surface area contributed by atoms with Gasteiger partial charge in [0.1, 0.15) is 11.8 Å². The highest BCUT2D eigenvalue weighted by molar-refractivity contribution is 5.97. The number of amides is 1. The normalized spacial score (nSPS) is 20.4. The van der Waals surface area contributed by atoms with Gasteiger partial charge < -0.3 is 15.0 Å². The Morgan fingerprint density at radius 3 is 2.59 bits per heavy atom. The number of hydrogen-bond donors (Lipinski definition) is 2. The number of nitrogens with zero attached hydrogens (tertiary/aromatic N) is 7. The standard InChI is InChI=1S/C23H28N9O2/c1-5-19(33)32(4)8-6-17(7-9-32)34-22-20-18(15-10-25-30(2)13-15)12-24-21(20)28-23(29-22)27-16-11-26-31(3)14-16/h5,10-14,17H,1,6-9H2,2-4H3,(H2,24,27,28,29)/q+1. The Bertz CT molecular complexity index is 1360. The third-order valence-electron chi connectivity index (χ3n) is 6.35. The van der Waals surface area contributed by atoms with E-state index in [1.54, 1.807) is 21.8 Å². The van der Waals surface area contributed by atoms with Crippen molar-refractivity contribution in [2.75, 3.05) is 25.5 Å². The van der Waals surface area contributed by atoms with E-state index in [0.29, 0.717) is 35.0 Å². The van der Waals surface area contributed by atoms with E-state index >= 15 is 0 Å². The average molecular weight is 463 g/mol. The van der Waals surface area contributed by atoms with E-state index < -0.39 is 0 Å². The number of aryl methyl sites for hydroxylation is 2. The summed E-state index contributed by atoms with van der Waals surface area (Å²) in [4.78, 5) is 24.9. The van der Waals surface area contributed by atoms with Crippen LogP contribution in [-0.2, 0) is 18.9 Å². The smallest absolute Gasteiger partial charge is 0.337 e. The van der Waals surface area contributed by atoms with E-state index in [-0.39, 0.29) is 12.0 Å². The first kappa shape index (κ1) is 21.8. The van der Waals surface area contributed by atoms with Gasteiger partial charge in [-0.15, -0.1) is 0 Å². The van der Waals surface area contributed by atoms with Gasteiger partial charge in [-0.3, -0.25) is 13.8 Å². The van der Waals surface area contributed by atoms with Crippen LogP contribution in [0.25, 0.3) is 22.2 Å². The Hall–Kier alpha value is -3.99. The van der Waals surface area contributed by atoms with E-state index in [1.165, 1.54) is 6.08 Å². The summed E-state index contributed by atoms with van der Waals surface area (Å²) < 4.78 is 10.3. The fraction of sp³-hybridized carbons (Fsp3) is 0.348. The van der Waals surface area contributed by atoms with Crippen LogP contribution >= 0.6 is 0 Å². The molecule has 1 aliphatic rings. The number of likely N-dealkylation sites (tertiary alicyclic amines) is 1. The molecule has 176 valence electrons. The molecule has 11 nitrogen and oxygen atoms in total. The Kier molecular flexibility index (Phi) is 5.40. The van der Waals surface area contributed by atoms with Crippen molar-refractivity contribution in [3.63, 3.8) is 0 Å². The minimum absolute atomic E-state index is 0.0373. The SMILES string of the molecule is C=CC(=O)[N+]1(C)CCC(Oc2nc(Nc3cnn(C)c3)nc3[nH]cc(-c4cnn(C)c4)c23)CC1. The molecule has 4 aromatic rings. The minimum Gasteiger partial charge on any atom is -0.473 e. The van der Waals surface area contributed by atoms with Crippen LogP contribution in [-0.4, -0.2) is 71.1 Å². The maximum atomic E-state index is 12.3. The molecular weight excluding hydrogens is 434 g/mol. The predicted molar refractivity (Wildman–Crippen MR) is 127 cm³/mol. The van der Waals surface area contributed by atoms with Crippen LogP contribution in [0, 0.1) is 0 Å². The van der Waals surface area contributed by atoms with E-state index in [0.717, 1.165) is 35.0 Å². The Labute approximate surface area is 196 Å². The molecule has 0 spiro atoms. The van der Waals surface area contributed by atoms with Gasteiger partial charge in [0.2, 0.25) is 11.8 Å². The highest BCUT2D eigenvalue weighted by Gasteiger charge is 2.36. The van der Waals surface area contributed by atoms with Crippen molar-refractivity contribution in [2.45, 2.75) is 18.9 Å². The third kappa shape index (κ3) is 4.05. The highest BCUT2D eigenvalue weighted by Crippen LogP contribution is 2.36. The molecule has 0 radical (unpaired) electrons. The number of aromatic amines is 1. The van der Waals surface area contributed by atoms with Crippen molar-refractivity contribution in [3.8, 4) is 17.0 Å². The summed E-state index contributed by atoms with van der Waals surface area (Å²) in [5, 5.41) is 12.5. The molecule has 34 heavy (non-hydrogen) atoms. The molecule has 0 aliphatic carbocycles. The average Bonchev–Trinajstić information content (AvgIpc) is 3.54. The topological polar surface area (TPSA) is 116 Å². The quantitative estimate of drug-likeness (QED) is 0.334. The van der Waals surface area contributed by atoms with E-state index in [2.05, 4.69) is 32.1 Å². The molecule has 5 rings (SSSR count). The minimum atomic E-state index is -0.0650. The number of fused-ring (bicyclic) bond motifs is 1. The lowest BCUT2D eigenvalue weighted by atomic mass is 10.0. The molecule has 1 aliphatic heterocycles. The number of anilines is 2. The van der Waals surface area contributed by atoms with E-state index in [4.69, 9.17) is 9.72 Å². The number of ether oxygens (including phenoxy) is 1. The summed E-state index contributed by atoms with van der Waals surface area (Å²) in [6.07, 6.45) is 12.0. The largest absolute Gasteiger partial charge is 0.473 e. The number of aromatic nitrogens is 7. The number of quaternary nitrogens is 1. The van der Waals surface area contributed by atoms with Gasteiger partial charge in [-0.05, 0) is 0 Å². The number of H-pyrrole nitrogens is 1. The van der Waals surface area contributed by atoms with Gasteiger partial charge in [0.25, 0.3) is 0 Å². The van der Waals surface area contributed by atoms with Gasteiger partial charge in [-0.1, -0.05) is 6.58 Å². The van der Waals surface area contributed by atoms with Gasteiger partial charge in [-0.2, -0.15) is 20.2 Å². The van der Waals surface area contributed by atoms with Gasteiger partial charge >= 0.3 is 5.91 Å². The van der Waals surface area contributed by atoms with Gasteiger partial charge in [0, 0.05) is 62.7 Å². The van der Waals surface area contributed by atoms with Crippen LogP contribution in [0.5, 0.6) is 5.88 Å². The monoisotopic (exact) mass is 462 g/mol. The second kappa shape index (κ2) is 8.41. The highest BCUT2D eigenvalue weighted by atomic mass is 16.5. The van der Waals surface area contributed by atoms with E-state index in [1.807, 2.05) is 39.7 Å². The van der Waals surface area contributed by atoms with Gasteiger partial charge in [-0.25, -0.2) is 4.79 Å². The molecule has 1 fully saturated rings. The third-order valence-corrected chi connectivity index (χ3v) is 6.35. The van der Waals surface area contributed by atoms with Crippen LogP contribution in [0.15, 0.2) is 43.6 Å². The lowest BCUT2D eigenvalue weighted by molar-refractivity contribution is -0.838. The number of likely N-dealkylation sites (N-methyl/N-ethyl adjacent to an activating group) is 1. The molecule has 4 aromatic heterocycles. The van der Waals surface area contributed by atoms with Crippen molar-refractivity contribution in [1.29, 1.82) is 0 Å². The molecule has 0 aromatic carbocycles. The Morgan fingerprint density at radius 2 is 1.94 bits per heavy atom. The number of piperidine rings is 1. The molecule has 0 atom stereocenters. The predicted octanol–water partition coefficient (Wildman–Crippen LogP) is 2.54. The Balaban J connectivity index is 1.49. The zero-order chi connectivity index (χ0) is 23.9. The maximum Gasteiger partial charge on any atom is 0.337 e. The van der Waals surface area contributed by atoms with Crippen molar-refractivity contribution >= 4 is 28.6 Å². The molecule has 1 saturated heterocycles. The summed E-state index contributed by atoms with van der Waals surface area (Å²) >= 11 is 0. The van der Waals surface area contributed by atoms with Crippen molar-refractivity contribution in [2.24, 2.45) is 14.1 Å². The fourth-order valence-corrected chi connectivity index (χ4v) is 4.37. The molecule has 0 bridgehead atoms. The second-order valence-electron chi connectivity index (χ2n) is 8.91. The summed E-state index contributed by atoms with van der Waals surface area (Å²) in [5.74, 6) is 0.941. The molecule has 11 heteroatoms. The van der Waals surface area contributed by atoms with Crippen LogP contribution in [0.1, 0.15) is 12.8 Å². The van der Waals surface area contributed by atoms with Crippen LogP contribution in [0.3, 0.4) is 0 Å². The summed E-state index contributed by atoms with van der Waals surface area (Å²) in [5.41, 5.74) is 3.30. The number of carbonyl (C=O) groups excluding carboxylic acids is 1. The lowest BCUT2D eigenvalue weighted by Crippen LogP contribution is -2.54. The molecular formula is C23H28N9O2+. The Morgan fingerprint density at radius 1 is 1.21 bits per heavy atom. The molecule has 0 saturated carbocycles. The molecule has 0 unspecified atom stereocenters. The summed E-state index contributed by atoms with van der Waals surface area (Å²) in [6, 6.07) is 0. The zero-order valence-corrected chi connectivity index (χ0v) is 19.5. The fourth-order valence-electron chi connectivity index (χ4n) is 4.37. The maximum absolute atomic E-state index is 12.3. The number of nitrogens with one attached hydrogen (secondary N) is 2. The second-order valence-corrected chi connectivity index (χ2v) is 8.91. The first-order valence-corrected chi connectivity index (χ1v) is 11.2. The molecule has 2 N–H and O–H groups in total. The van der Waals surface area contributed by atoms with Gasteiger partial charge in [0.15, 0.2) is 0 Å². The zero-order valence-electron chi connectivity index (χ0n) is 19.5. The first-order valence-electron chi connectivity index (χ1n) is 11.2. The van der Waals surface area contributed by atoms with Crippen molar-refractivity contribution in [1.82, 2.24) is 34.5 Å². The van der Waals surface area contributed by atoms with Crippen LogP contribution in [0.2, 0.25) is 0 Å². The number of hydrogen-bond acceptors (Lipinski definition) is 7. The van der Waals surface area contributed by atoms with Crippen molar-refractivity contribution < 1.29 is 14.0 Å². The lowest BCUT2D eigenvalue weighted by Gasteiger charge is -2.37. The number of rotatable bonds is 6. The van der Waals surface area contributed by atoms with Crippen LogP contribution < -0.4 is 10.1 Å². The molecule has 1 amide bonds. The summed E-state index contributed by atoms with van der Waals surface area (Å²) in [7, 11) is 5.68. The van der Waals surface area contributed by atoms with Crippen LogP contribution in [0.4, 0.5) is 11.6 Å². The van der Waals surface area contributed by atoms with Gasteiger partial charge in [0.05, 0.1) is 43.6 Å². The first-order chi connectivity index (χ1) is 16.3. The van der Waals surface area contributed by atoms with E-state index in [9.17, 15) is 4.79 Å². The number of carbonyl (C=O) groups is 1.